The van der Waals surface area contributed by atoms with E-state index >= 15 is 0 Å². The minimum absolute atomic E-state index is 0.0736. The van der Waals surface area contributed by atoms with Gasteiger partial charge in [-0.25, -0.2) is 5.43 Å². The normalized spacial score (nSPS) is 10.7. The number of rotatable bonds is 5. The first-order chi connectivity index (χ1) is 13.9. The SMILES string of the molecule is O=C(NN=Cc1ccc(O)cc1O)c1ccc(NC(=O)c2ccccc2Br)cc1. The average molecular weight is 454 g/mol. The van der Waals surface area contributed by atoms with Gasteiger partial charge in [0.05, 0.1) is 11.8 Å². The molecule has 3 aromatic rings. The first kappa shape index (κ1) is 20.1. The molecule has 0 aromatic heterocycles. The summed E-state index contributed by atoms with van der Waals surface area (Å²) in [5.41, 5.74) is 4.07. The number of nitrogens with zero attached hydrogens (tertiary/aromatic N) is 1. The summed E-state index contributed by atoms with van der Waals surface area (Å²) in [6.07, 6.45) is 1.26. The zero-order chi connectivity index (χ0) is 20.8. The molecule has 0 bridgehead atoms. The van der Waals surface area contributed by atoms with E-state index in [1.54, 1.807) is 42.5 Å². The predicted molar refractivity (Wildman–Crippen MR) is 113 cm³/mol. The van der Waals surface area contributed by atoms with Crippen LogP contribution in [0.3, 0.4) is 0 Å². The molecular weight excluding hydrogens is 438 g/mol. The third-order valence-electron chi connectivity index (χ3n) is 3.91. The molecule has 2 amide bonds. The van der Waals surface area contributed by atoms with Gasteiger partial charge >= 0.3 is 0 Å². The number of aromatic hydroxyl groups is 2. The Hall–Kier alpha value is -3.65. The molecule has 8 heteroatoms. The van der Waals surface area contributed by atoms with E-state index in [0.29, 0.717) is 26.9 Å². The second kappa shape index (κ2) is 9.03. The number of anilines is 1. The van der Waals surface area contributed by atoms with Crippen LogP contribution in [0.15, 0.2) is 76.3 Å². The summed E-state index contributed by atoms with van der Waals surface area (Å²) in [5, 5.41) is 25.5. The van der Waals surface area contributed by atoms with E-state index in [4.69, 9.17) is 0 Å². The highest BCUT2D eigenvalue weighted by molar-refractivity contribution is 9.10. The molecule has 7 nitrogen and oxygen atoms in total. The Morgan fingerprint density at radius 1 is 0.931 bits per heavy atom. The zero-order valence-corrected chi connectivity index (χ0v) is 16.6. The highest BCUT2D eigenvalue weighted by Gasteiger charge is 2.10. The minimum atomic E-state index is -0.455. The van der Waals surface area contributed by atoms with E-state index in [2.05, 4.69) is 31.8 Å². The summed E-state index contributed by atoms with van der Waals surface area (Å²) in [4.78, 5) is 24.5. The summed E-state index contributed by atoms with van der Waals surface area (Å²) < 4.78 is 0.686. The van der Waals surface area contributed by atoms with Gasteiger partial charge in [0.25, 0.3) is 11.8 Å². The number of hydrogen-bond donors (Lipinski definition) is 4. The largest absolute Gasteiger partial charge is 0.508 e. The topological polar surface area (TPSA) is 111 Å². The van der Waals surface area contributed by atoms with Gasteiger partial charge in [0.2, 0.25) is 0 Å². The Kier molecular flexibility index (Phi) is 6.25. The van der Waals surface area contributed by atoms with Gasteiger partial charge in [0, 0.05) is 27.4 Å². The molecule has 0 saturated heterocycles. The predicted octanol–water partition coefficient (Wildman–Crippen LogP) is 3.88. The molecule has 0 aliphatic heterocycles. The van der Waals surface area contributed by atoms with Gasteiger partial charge in [-0.1, -0.05) is 12.1 Å². The molecule has 0 unspecified atom stereocenters. The van der Waals surface area contributed by atoms with Crippen molar-refractivity contribution in [3.63, 3.8) is 0 Å². The van der Waals surface area contributed by atoms with Gasteiger partial charge in [0.15, 0.2) is 0 Å². The highest BCUT2D eigenvalue weighted by Crippen LogP contribution is 2.21. The van der Waals surface area contributed by atoms with Gasteiger partial charge in [-0.05, 0) is 64.5 Å². The molecule has 0 aliphatic rings. The fourth-order valence-electron chi connectivity index (χ4n) is 2.41. The smallest absolute Gasteiger partial charge is 0.271 e. The number of hydrazone groups is 1. The van der Waals surface area contributed by atoms with E-state index in [0.717, 1.165) is 0 Å². The molecule has 146 valence electrons. The lowest BCUT2D eigenvalue weighted by atomic mass is 10.1. The molecule has 0 fully saturated rings. The zero-order valence-electron chi connectivity index (χ0n) is 15.0. The maximum atomic E-state index is 12.3. The Morgan fingerprint density at radius 2 is 1.66 bits per heavy atom. The second-order valence-corrected chi connectivity index (χ2v) is 6.81. The summed E-state index contributed by atoms with van der Waals surface area (Å²) in [5.74, 6) is -0.959. The highest BCUT2D eigenvalue weighted by atomic mass is 79.9. The molecule has 0 heterocycles. The number of carbonyl (C=O) groups is 2. The Bertz CT molecular complexity index is 1080. The molecule has 0 spiro atoms. The van der Waals surface area contributed by atoms with Crippen molar-refractivity contribution in [2.24, 2.45) is 5.10 Å². The van der Waals surface area contributed by atoms with Gasteiger partial charge < -0.3 is 15.5 Å². The monoisotopic (exact) mass is 453 g/mol. The van der Waals surface area contributed by atoms with Crippen LogP contribution in [-0.4, -0.2) is 28.2 Å². The standard InChI is InChI=1S/C21H16BrN3O4/c22-18-4-2-1-3-17(18)21(29)24-15-8-5-13(6-9-15)20(28)25-23-12-14-7-10-16(26)11-19(14)27/h1-12,26-27H,(H,24,29)(H,25,28). The van der Waals surface area contributed by atoms with E-state index in [9.17, 15) is 19.8 Å². The lowest BCUT2D eigenvalue weighted by Gasteiger charge is -2.07. The molecule has 4 N–H and O–H groups in total. The average Bonchev–Trinajstić information content (AvgIpc) is 2.70. The molecule has 0 saturated carbocycles. The molecule has 3 aromatic carbocycles. The first-order valence-corrected chi connectivity index (χ1v) is 9.24. The molecule has 0 radical (unpaired) electrons. The second-order valence-electron chi connectivity index (χ2n) is 5.95. The Balaban J connectivity index is 1.60. The van der Waals surface area contributed by atoms with Gasteiger partial charge in [-0.15, -0.1) is 0 Å². The van der Waals surface area contributed by atoms with Crippen LogP contribution in [0.25, 0.3) is 0 Å². The van der Waals surface area contributed by atoms with Crippen molar-refractivity contribution in [3.05, 3.63) is 87.9 Å². The van der Waals surface area contributed by atoms with Crippen LogP contribution in [0, 0.1) is 0 Å². The lowest BCUT2D eigenvalue weighted by Crippen LogP contribution is -2.18. The van der Waals surface area contributed by atoms with Crippen molar-refractivity contribution in [3.8, 4) is 11.5 Å². The number of carbonyl (C=O) groups excluding carboxylic acids is 2. The third-order valence-corrected chi connectivity index (χ3v) is 4.60. The van der Waals surface area contributed by atoms with Crippen molar-refractivity contribution < 1.29 is 19.8 Å². The van der Waals surface area contributed by atoms with Crippen molar-refractivity contribution in [1.29, 1.82) is 0 Å². The number of nitrogens with one attached hydrogen (secondary N) is 2. The van der Waals surface area contributed by atoms with Crippen LogP contribution < -0.4 is 10.7 Å². The van der Waals surface area contributed by atoms with E-state index in [1.807, 2.05) is 6.07 Å². The van der Waals surface area contributed by atoms with Gasteiger partial charge in [-0.3, -0.25) is 9.59 Å². The third kappa shape index (κ3) is 5.20. The van der Waals surface area contributed by atoms with Crippen LogP contribution in [0.1, 0.15) is 26.3 Å². The molecule has 29 heavy (non-hydrogen) atoms. The molecule has 3 rings (SSSR count). The van der Waals surface area contributed by atoms with Crippen molar-refractivity contribution in [2.75, 3.05) is 5.32 Å². The van der Waals surface area contributed by atoms with Crippen LogP contribution >= 0.6 is 15.9 Å². The Labute approximate surface area is 174 Å². The van der Waals surface area contributed by atoms with Crippen LogP contribution in [0.5, 0.6) is 11.5 Å². The fourth-order valence-corrected chi connectivity index (χ4v) is 2.88. The van der Waals surface area contributed by atoms with Crippen molar-refractivity contribution in [2.45, 2.75) is 0 Å². The number of benzene rings is 3. The molecule has 0 atom stereocenters. The molecular formula is C21H16BrN3O4. The van der Waals surface area contributed by atoms with Crippen molar-refractivity contribution in [1.82, 2.24) is 5.43 Å². The summed E-state index contributed by atoms with van der Waals surface area (Å²) in [6.45, 7) is 0. The number of halogens is 1. The number of hydrogen-bond acceptors (Lipinski definition) is 5. The summed E-state index contributed by atoms with van der Waals surface area (Å²) in [7, 11) is 0. The van der Waals surface area contributed by atoms with Crippen LogP contribution in [-0.2, 0) is 0 Å². The summed E-state index contributed by atoms with van der Waals surface area (Å²) >= 11 is 3.33. The minimum Gasteiger partial charge on any atom is -0.508 e. The number of amides is 2. The number of phenols is 2. The van der Waals surface area contributed by atoms with Gasteiger partial charge in [0.1, 0.15) is 11.5 Å². The van der Waals surface area contributed by atoms with E-state index in [-0.39, 0.29) is 17.4 Å². The van der Waals surface area contributed by atoms with Crippen LogP contribution in [0.2, 0.25) is 0 Å². The van der Waals surface area contributed by atoms with Crippen LogP contribution in [0.4, 0.5) is 5.69 Å². The first-order valence-electron chi connectivity index (χ1n) is 8.45. The quantitative estimate of drug-likeness (QED) is 0.347. The maximum absolute atomic E-state index is 12.3. The lowest BCUT2D eigenvalue weighted by molar-refractivity contribution is 0.0954. The molecule has 0 aliphatic carbocycles. The van der Waals surface area contributed by atoms with E-state index in [1.165, 1.54) is 24.4 Å². The van der Waals surface area contributed by atoms with Crippen molar-refractivity contribution >= 4 is 39.6 Å². The van der Waals surface area contributed by atoms with Gasteiger partial charge in [-0.2, -0.15) is 5.10 Å². The Morgan fingerprint density at radius 3 is 2.34 bits per heavy atom. The summed E-state index contributed by atoms with van der Waals surface area (Å²) in [6, 6.07) is 17.4. The number of phenolic OH excluding ortho intramolecular Hbond substituents is 2. The maximum Gasteiger partial charge on any atom is 0.271 e. The van der Waals surface area contributed by atoms with E-state index < -0.39 is 5.91 Å². The fraction of sp³-hybridized carbons (Fsp3) is 0.